The van der Waals surface area contributed by atoms with E-state index in [-0.39, 0.29) is 0 Å². The fourth-order valence-electron chi connectivity index (χ4n) is 1.94. The van der Waals surface area contributed by atoms with Crippen LogP contribution in [0.3, 0.4) is 0 Å². The number of nitrogens with zero attached hydrogens (tertiary/aromatic N) is 3. The molecule has 0 bridgehead atoms. The van der Waals surface area contributed by atoms with Gasteiger partial charge >= 0.3 is 5.97 Å². The van der Waals surface area contributed by atoms with E-state index in [4.69, 9.17) is 5.11 Å². The highest BCUT2D eigenvalue weighted by Gasteiger charge is 2.25. The molecule has 1 aromatic rings. The van der Waals surface area contributed by atoms with Crippen LogP contribution in [0, 0.1) is 6.92 Å². The number of carbonyl (C=O) groups is 1. The van der Waals surface area contributed by atoms with Gasteiger partial charge in [0.1, 0.15) is 6.04 Å². The van der Waals surface area contributed by atoms with Crippen LogP contribution in [0.15, 0.2) is 5.38 Å². The lowest BCUT2D eigenvalue weighted by molar-refractivity contribution is -0.142. The van der Waals surface area contributed by atoms with Crippen LogP contribution < -0.4 is 4.90 Å². The van der Waals surface area contributed by atoms with Crippen molar-refractivity contribution in [2.45, 2.75) is 19.9 Å². The van der Waals surface area contributed by atoms with Crippen molar-refractivity contribution in [3.63, 3.8) is 0 Å². The Hall–Kier alpha value is -1.14. The molecule has 0 unspecified atom stereocenters. The fraction of sp³-hybridized carbons (Fsp3) is 0.636. The minimum Gasteiger partial charge on any atom is -0.480 e. The number of aromatic nitrogens is 1. The van der Waals surface area contributed by atoms with E-state index in [2.05, 4.69) is 9.88 Å². The van der Waals surface area contributed by atoms with E-state index in [1.54, 1.807) is 18.3 Å². The molecule has 0 aromatic carbocycles. The number of rotatable bonds is 3. The first-order valence-corrected chi connectivity index (χ1v) is 6.60. The van der Waals surface area contributed by atoms with E-state index < -0.39 is 12.0 Å². The number of thiazole rings is 1. The first kappa shape index (κ1) is 12.3. The summed E-state index contributed by atoms with van der Waals surface area (Å²) in [7, 11) is 0. The largest absolute Gasteiger partial charge is 0.480 e. The lowest BCUT2D eigenvalue weighted by atomic mass is 10.2. The summed E-state index contributed by atoms with van der Waals surface area (Å²) < 4.78 is 0. The van der Waals surface area contributed by atoms with Crippen LogP contribution in [-0.4, -0.2) is 53.2 Å². The lowest BCUT2D eigenvalue weighted by Gasteiger charge is -2.36. The van der Waals surface area contributed by atoms with Gasteiger partial charge in [0.25, 0.3) is 0 Å². The molecule has 6 heteroatoms. The molecule has 2 heterocycles. The summed E-state index contributed by atoms with van der Waals surface area (Å²) in [5.74, 6) is -0.747. The maximum Gasteiger partial charge on any atom is 0.320 e. The monoisotopic (exact) mass is 255 g/mol. The molecular formula is C11H17N3O2S. The van der Waals surface area contributed by atoms with Crippen molar-refractivity contribution in [3.8, 4) is 0 Å². The van der Waals surface area contributed by atoms with Crippen LogP contribution in [0.4, 0.5) is 5.13 Å². The predicted molar refractivity (Wildman–Crippen MR) is 67.7 cm³/mol. The molecule has 1 aromatic heterocycles. The van der Waals surface area contributed by atoms with Crippen molar-refractivity contribution < 1.29 is 9.90 Å². The van der Waals surface area contributed by atoms with Gasteiger partial charge in [-0.25, -0.2) is 4.98 Å². The number of anilines is 1. The van der Waals surface area contributed by atoms with Crippen LogP contribution in [0.5, 0.6) is 0 Å². The first-order valence-electron chi connectivity index (χ1n) is 5.72. The van der Waals surface area contributed by atoms with Crippen molar-refractivity contribution in [2.75, 3.05) is 31.1 Å². The van der Waals surface area contributed by atoms with Gasteiger partial charge in [-0.05, 0) is 13.8 Å². The summed E-state index contributed by atoms with van der Waals surface area (Å²) in [6, 6.07) is -0.393. The third kappa shape index (κ3) is 2.76. The molecule has 0 spiro atoms. The summed E-state index contributed by atoms with van der Waals surface area (Å²) in [5.41, 5.74) is 1.05. The Balaban J connectivity index is 1.92. The van der Waals surface area contributed by atoms with Crippen molar-refractivity contribution in [2.24, 2.45) is 0 Å². The van der Waals surface area contributed by atoms with Crippen molar-refractivity contribution in [1.82, 2.24) is 9.88 Å². The Labute approximate surface area is 105 Å². The third-order valence-corrected chi connectivity index (χ3v) is 4.12. The number of hydrogen-bond acceptors (Lipinski definition) is 5. The maximum absolute atomic E-state index is 10.9. The second-order valence-electron chi connectivity index (χ2n) is 4.31. The second kappa shape index (κ2) is 5.01. The molecule has 1 atom stereocenters. The number of hydrogen-bond donors (Lipinski definition) is 1. The number of aryl methyl sites for hydroxylation is 1. The van der Waals surface area contributed by atoms with Gasteiger partial charge in [0, 0.05) is 31.6 Å². The molecule has 5 nitrogen and oxygen atoms in total. The van der Waals surface area contributed by atoms with Crippen LogP contribution in [0.2, 0.25) is 0 Å². The van der Waals surface area contributed by atoms with Crippen LogP contribution in [-0.2, 0) is 4.79 Å². The smallest absolute Gasteiger partial charge is 0.320 e. The fourth-order valence-corrected chi connectivity index (χ4v) is 2.80. The minimum atomic E-state index is -0.747. The Kier molecular flexibility index (Phi) is 3.63. The molecule has 17 heavy (non-hydrogen) atoms. The highest BCUT2D eigenvalue weighted by molar-refractivity contribution is 7.13. The third-order valence-electron chi connectivity index (χ3n) is 3.10. The number of carboxylic acids is 1. The molecule has 0 aliphatic carbocycles. The number of piperazine rings is 1. The molecule has 1 saturated heterocycles. The van der Waals surface area contributed by atoms with Gasteiger partial charge in [0.2, 0.25) is 0 Å². The zero-order valence-corrected chi connectivity index (χ0v) is 10.9. The summed E-state index contributed by atoms with van der Waals surface area (Å²) in [6.07, 6.45) is 0. The topological polar surface area (TPSA) is 56.7 Å². The van der Waals surface area contributed by atoms with Crippen molar-refractivity contribution >= 4 is 22.4 Å². The average molecular weight is 255 g/mol. The molecule has 2 rings (SSSR count). The molecular weight excluding hydrogens is 238 g/mol. The Bertz CT molecular complexity index is 399. The van der Waals surface area contributed by atoms with Gasteiger partial charge < -0.3 is 10.0 Å². The van der Waals surface area contributed by atoms with Gasteiger partial charge in [-0.15, -0.1) is 11.3 Å². The van der Waals surface area contributed by atoms with E-state index >= 15 is 0 Å². The van der Waals surface area contributed by atoms with E-state index in [1.165, 1.54) is 0 Å². The molecule has 0 radical (unpaired) electrons. The van der Waals surface area contributed by atoms with Gasteiger partial charge in [-0.2, -0.15) is 0 Å². The first-order chi connectivity index (χ1) is 8.08. The zero-order chi connectivity index (χ0) is 12.4. The minimum absolute atomic E-state index is 0.393. The van der Waals surface area contributed by atoms with Crippen molar-refractivity contribution in [1.29, 1.82) is 0 Å². The van der Waals surface area contributed by atoms with Gasteiger partial charge in [0.05, 0.1) is 5.69 Å². The molecule has 1 fully saturated rings. The second-order valence-corrected chi connectivity index (χ2v) is 5.15. The summed E-state index contributed by atoms with van der Waals surface area (Å²) in [6.45, 7) is 7.00. The van der Waals surface area contributed by atoms with E-state index in [1.807, 2.05) is 17.2 Å². The summed E-state index contributed by atoms with van der Waals surface area (Å²) in [5, 5.41) is 12.0. The van der Waals surface area contributed by atoms with Gasteiger partial charge in [-0.1, -0.05) is 0 Å². The van der Waals surface area contributed by atoms with Gasteiger partial charge in [0.15, 0.2) is 5.13 Å². The SMILES string of the molecule is Cc1csc(N2CCN([C@@H](C)C(=O)O)CC2)n1. The molecule has 1 N–H and O–H groups in total. The molecule has 0 saturated carbocycles. The highest BCUT2D eigenvalue weighted by Crippen LogP contribution is 2.21. The van der Waals surface area contributed by atoms with Crippen LogP contribution in [0.25, 0.3) is 0 Å². The Morgan fingerprint density at radius 3 is 2.59 bits per heavy atom. The van der Waals surface area contributed by atoms with Crippen molar-refractivity contribution in [3.05, 3.63) is 11.1 Å². The quantitative estimate of drug-likeness (QED) is 0.875. The molecule has 1 aliphatic rings. The standard InChI is InChI=1S/C11H17N3O2S/c1-8-7-17-11(12-8)14-5-3-13(4-6-14)9(2)10(15)16/h7,9H,3-6H2,1-2H3,(H,15,16)/t9-/m0/s1. The van der Waals surface area contributed by atoms with E-state index in [0.717, 1.165) is 37.0 Å². The Morgan fingerprint density at radius 1 is 1.47 bits per heavy atom. The molecule has 0 amide bonds. The normalized spacial score (nSPS) is 19.3. The number of aliphatic carboxylic acids is 1. The van der Waals surface area contributed by atoms with Crippen LogP contribution >= 0.6 is 11.3 Å². The summed E-state index contributed by atoms with van der Waals surface area (Å²) in [4.78, 5) is 19.6. The predicted octanol–water partition coefficient (Wildman–Crippen LogP) is 1.05. The van der Waals surface area contributed by atoms with Crippen LogP contribution in [0.1, 0.15) is 12.6 Å². The average Bonchev–Trinajstić information content (AvgIpc) is 2.75. The number of carboxylic acid groups (broad SMARTS) is 1. The van der Waals surface area contributed by atoms with E-state index in [9.17, 15) is 4.79 Å². The van der Waals surface area contributed by atoms with Gasteiger partial charge in [-0.3, -0.25) is 9.69 Å². The Morgan fingerprint density at radius 2 is 2.12 bits per heavy atom. The maximum atomic E-state index is 10.9. The molecule has 1 aliphatic heterocycles. The molecule has 94 valence electrons. The van der Waals surface area contributed by atoms with E-state index in [0.29, 0.717) is 0 Å². The lowest BCUT2D eigenvalue weighted by Crippen LogP contribution is -2.51. The zero-order valence-electron chi connectivity index (χ0n) is 10.1. The highest BCUT2D eigenvalue weighted by atomic mass is 32.1. The summed E-state index contributed by atoms with van der Waals surface area (Å²) >= 11 is 1.65.